The lowest BCUT2D eigenvalue weighted by Crippen LogP contribution is -2.17. The molecule has 0 amide bonds. The van der Waals surface area contributed by atoms with E-state index in [4.69, 9.17) is 4.74 Å². The highest BCUT2D eigenvalue weighted by molar-refractivity contribution is 7.12. The van der Waals surface area contributed by atoms with Crippen LogP contribution in [0.4, 0.5) is 0 Å². The highest BCUT2D eigenvalue weighted by Gasteiger charge is 2.19. The molecule has 1 aromatic heterocycles. The van der Waals surface area contributed by atoms with Crippen LogP contribution in [0.1, 0.15) is 26.4 Å². The number of thiophene rings is 1. The Morgan fingerprint density at radius 1 is 1.11 bits per heavy atom. The van der Waals surface area contributed by atoms with Crippen molar-refractivity contribution < 1.29 is 14.3 Å². The smallest absolute Gasteiger partial charge is 0.380 e. The van der Waals surface area contributed by atoms with Crippen LogP contribution < -0.4 is 0 Å². The Morgan fingerprint density at radius 2 is 1.79 bits per heavy atom. The second kappa shape index (κ2) is 5.80. The standard InChI is InChI=1S/C15H14O3S/c1-10-5-3-6-11(2)12(10)9-18-15(17)14(16)13-7-4-8-19-13/h3-8H,9H2,1-2H3. The van der Waals surface area contributed by atoms with Crippen LogP contribution in [0.15, 0.2) is 35.7 Å². The molecule has 98 valence electrons. The molecule has 0 radical (unpaired) electrons. The summed E-state index contributed by atoms with van der Waals surface area (Å²) in [5, 5.41) is 1.76. The van der Waals surface area contributed by atoms with Gasteiger partial charge < -0.3 is 4.74 Å². The van der Waals surface area contributed by atoms with E-state index < -0.39 is 11.8 Å². The number of benzene rings is 1. The van der Waals surface area contributed by atoms with Gasteiger partial charge >= 0.3 is 5.97 Å². The SMILES string of the molecule is Cc1cccc(C)c1COC(=O)C(=O)c1cccs1. The summed E-state index contributed by atoms with van der Waals surface area (Å²) in [6.45, 7) is 4.04. The maximum atomic E-state index is 11.7. The van der Waals surface area contributed by atoms with Crippen molar-refractivity contribution in [3.63, 3.8) is 0 Å². The average Bonchev–Trinajstić information content (AvgIpc) is 2.90. The van der Waals surface area contributed by atoms with E-state index in [0.29, 0.717) is 4.88 Å². The molecule has 0 saturated carbocycles. The van der Waals surface area contributed by atoms with Crippen molar-refractivity contribution in [2.24, 2.45) is 0 Å². The Labute approximate surface area is 115 Å². The summed E-state index contributed by atoms with van der Waals surface area (Å²) in [6.07, 6.45) is 0. The van der Waals surface area contributed by atoms with Crippen LogP contribution in [-0.4, -0.2) is 11.8 Å². The average molecular weight is 274 g/mol. The minimum Gasteiger partial charge on any atom is -0.455 e. The number of esters is 1. The first-order valence-electron chi connectivity index (χ1n) is 5.89. The third kappa shape index (κ3) is 3.09. The van der Waals surface area contributed by atoms with Crippen LogP contribution in [0.2, 0.25) is 0 Å². The molecule has 0 bridgehead atoms. The molecule has 0 unspecified atom stereocenters. The maximum absolute atomic E-state index is 11.7. The molecule has 0 saturated heterocycles. The van der Waals surface area contributed by atoms with Crippen molar-refractivity contribution in [1.82, 2.24) is 0 Å². The number of hydrogen-bond acceptors (Lipinski definition) is 4. The molecular formula is C15H14O3S. The van der Waals surface area contributed by atoms with Gasteiger partial charge in [0.25, 0.3) is 5.78 Å². The lowest BCUT2D eigenvalue weighted by atomic mass is 10.0. The molecule has 1 aromatic carbocycles. The number of ketones is 1. The number of carbonyl (C=O) groups excluding carboxylic acids is 2. The fraction of sp³-hybridized carbons (Fsp3) is 0.200. The van der Waals surface area contributed by atoms with E-state index in [1.165, 1.54) is 11.3 Å². The van der Waals surface area contributed by atoms with E-state index >= 15 is 0 Å². The van der Waals surface area contributed by atoms with Crippen molar-refractivity contribution in [3.8, 4) is 0 Å². The van der Waals surface area contributed by atoms with Gasteiger partial charge in [0.1, 0.15) is 6.61 Å². The molecule has 0 atom stereocenters. The van der Waals surface area contributed by atoms with Gasteiger partial charge in [0.2, 0.25) is 0 Å². The molecular weight excluding hydrogens is 260 g/mol. The van der Waals surface area contributed by atoms with Crippen LogP contribution >= 0.6 is 11.3 Å². The Hall–Kier alpha value is -1.94. The van der Waals surface area contributed by atoms with E-state index in [2.05, 4.69) is 0 Å². The molecule has 19 heavy (non-hydrogen) atoms. The molecule has 0 aliphatic carbocycles. The van der Waals surface area contributed by atoms with E-state index in [9.17, 15) is 9.59 Å². The predicted octanol–water partition coefficient (Wildman–Crippen LogP) is 3.29. The minimum atomic E-state index is -0.801. The summed E-state index contributed by atoms with van der Waals surface area (Å²) in [5.41, 5.74) is 3.06. The van der Waals surface area contributed by atoms with Crippen LogP contribution in [-0.2, 0) is 16.1 Å². The summed E-state index contributed by atoms with van der Waals surface area (Å²) in [4.78, 5) is 23.8. The van der Waals surface area contributed by atoms with Crippen molar-refractivity contribution in [2.75, 3.05) is 0 Å². The fourth-order valence-electron chi connectivity index (χ4n) is 1.79. The molecule has 2 rings (SSSR count). The number of Topliss-reactive ketones (excluding diaryl/α,β-unsaturated/α-hetero) is 1. The normalized spacial score (nSPS) is 10.2. The summed E-state index contributed by atoms with van der Waals surface area (Å²) in [5.74, 6) is -1.38. The monoisotopic (exact) mass is 274 g/mol. The molecule has 0 N–H and O–H groups in total. The van der Waals surface area contributed by atoms with Crippen molar-refractivity contribution in [1.29, 1.82) is 0 Å². The Kier molecular flexibility index (Phi) is 4.12. The molecule has 0 aliphatic heterocycles. The molecule has 0 spiro atoms. The lowest BCUT2D eigenvalue weighted by molar-refractivity contribution is -0.139. The van der Waals surface area contributed by atoms with Crippen molar-refractivity contribution >= 4 is 23.1 Å². The first-order valence-corrected chi connectivity index (χ1v) is 6.77. The van der Waals surface area contributed by atoms with Gasteiger partial charge in [-0.05, 0) is 42.0 Å². The topological polar surface area (TPSA) is 43.4 Å². The van der Waals surface area contributed by atoms with E-state index in [0.717, 1.165) is 16.7 Å². The Bertz CT molecular complexity index is 580. The zero-order valence-electron chi connectivity index (χ0n) is 10.8. The fourth-order valence-corrected chi connectivity index (χ4v) is 2.44. The van der Waals surface area contributed by atoms with E-state index in [-0.39, 0.29) is 6.61 Å². The Balaban J connectivity index is 2.03. The molecule has 3 nitrogen and oxygen atoms in total. The van der Waals surface area contributed by atoms with Gasteiger partial charge in [-0.1, -0.05) is 24.3 Å². The van der Waals surface area contributed by atoms with Crippen LogP contribution in [0.5, 0.6) is 0 Å². The third-order valence-corrected chi connectivity index (χ3v) is 3.79. The minimum absolute atomic E-state index is 0.133. The number of rotatable bonds is 4. The van der Waals surface area contributed by atoms with Gasteiger partial charge in [-0.3, -0.25) is 4.79 Å². The first-order chi connectivity index (χ1) is 9.09. The molecule has 4 heteroatoms. The van der Waals surface area contributed by atoms with Crippen LogP contribution in [0.3, 0.4) is 0 Å². The zero-order chi connectivity index (χ0) is 13.8. The highest BCUT2D eigenvalue weighted by atomic mass is 32.1. The third-order valence-electron chi connectivity index (χ3n) is 2.92. The van der Waals surface area contributed by atoms with Gasteiger partial charge in [0.15, 0.2) is 0 Å². The van der Waals surface area contributed by atoms with Crippen LogP contribution in [0.25, 0.3) is 0 Å². The van der Waals surface area contributed by atoms with Gasteiger partial charge in [0, 0.05) is 0 Å². The number of ether oxygens (including phenoxy) is 1. The number of aryl methyl sites for hydroxylation is 2. The molecule has 0 fully saturated rings. The van der Waals surface area contributed by atoms with Crippen LogP contribution in [0, 0.1) is 13.8 Å². The van der Waals surface area contributed by atoms with E-state index in [1.807, 2.05) is 32.0 Å². The lowest BCUT2D eigenvalue weighted by Gasteiger charge is -2.09. The highest BCUT2D eigenvalue weighted by Crippen LogP contribution is 2.15. The summed E-state index contributed by atoms with van der Waals surface area (Å²) < 4.78 is 5.09. The largest absolute Gasteiger partial charge is 0.455 e. The van der Waals surface area contributed by atoms with Crippen molar-refractivity contribution in [2.45, 2.75) is 20.5 Å². The summed E-state index contributed by atoms with van der Waals surface area (Å²) in [6, 6.07) is 9.21. The quantitative estimate of drug-likeness (QED) is 0.488. The zero-order valence-corrected chi connectivity index (χ0v) is 11.6. The van der Waals surface area contributed by atoms with Gasteiger partial charge in [-0.15, -0.1) is 11.3 Å². The summed E-state index contributed by atoms with van der Waals surface area (Å²) in [7, 11) is 0. The first kappa shape index (κ1) is 13.5. The molecule has 0 aliphatic rings. The second-order valence-corrected chi connectivity index (χ2v) is 5.20. The predicted molar refractivity (Wildman–Crippen MR) is 74.4 cm³/mol. The van der Waals surface area contributed by atoms with Gasteiger partial charge in [0.05, 0.1) is 4.88 Å². The Morgan fingerprint density at radius 3 is 2.37 bits per heavy atom. The molecule has 2 aromatic rings. The van der Waals surface area contributed by atoms with E-state index in [1.54, 1.807) is 17.5 Å². The number of carbonyl (C=O) groups is 2. The summed E-state index contributed by atoms with van der Waals surface area (Å²) >= 11 is 1.24. The number of hydrogen-bond donors (Lipinski definition) is 0. The van der Waals surface area contributed by atoms with Crippen molar-refractivity contribution in [3.05, 3.63) is 57.3 Å². The maximum Gasteiger partial charge on any atom is 0.380 e. The molecule has 1 heterocycles. The van der Waals surface area contributed by atoms with Gasteiger partial charge in [-0.25, -0.2) is 4.79 Å². The van der Waals surface area contributed by atoms with Gasteiger partial charge in [-0.2, -0.15) is 0 Å². The second-order valence-electron chi connectivity index (χ2n) is 4.25.